The van der Waals surface area contributed by atoms with Crippen molar-refractivity contribution in [3.63, 3.8) is 0 Å². The maximum Gasteiger partial charge on any atom is 0.368 e. The van der Waals surface area contributed by atoms with Gasteiger partial charge >= 0.3 is 5.69 Å². The summed E-state index contributed by atoms with van der Waals surface area (Å²) in [4.78, 5) is 12.3. The van der Waals surface area contributed by atoms with Crippen LogP contribution >= 0.6 is 0 Å². The van der Waals surface area contributed by atoms with Crippen molar-refractivity contribution in [2.24, 2.45) is 7.05 Å². The SMILES string of the molecule is Cc1cccc(-c2ccc(OCc3c(C)cccc3-n3nnn(C)c3=O)c(C)c2)c1. The molecule has 0 saturated carbocycles. The second kappa shape index (κ2) is 7.99. The van der Waals surface area contributed by atoms with Gasteiger partial charge in [-0.25, -0.2) is 4.79 Å². The van der Waals surface area contributed by atoms with E-state index < -0.39 is 0 Å². The van der Waals surface area contributed by atoms with Gasteiger partial charge in [-0.3, -0.25) is 0 Å². The average molecular weight is 400 g/mol. The van der Waals surface area contributed by atoms with Crippen molar-refractivity contribution in [3.8, 4) is 22.6 Å². The number of hydrogen-bond acceptors (Lipinski definition) is 4. The van der Waals surface area contributed by atoms with Crippen LogP contribution < -0.4 is 10.4 Å². The van der Waals surface area contributed by atoms with Gasteiger partial charge in [-0.15, -0.1) is 0 Å². The molecule has 30 heavy (non-hydrogen) atoms. The fourth-order valence-corrected chi connectivity index (χ4v) is 3.50. The molecule has 0 bridgehead atoms. The highest BCUT2D eigenvalue weighted by Gasteiger charge is 2.14. The number of aryl methyl sites for hydroxylation is 4. The van der Waals surface area contributed by atoms with Crippen LogP contribution in [-0.4, -0.2) is 19.8 Å². The van der Waals surface area contributed by atoms with E-state index in [4.69, 9.17) is 4.74 Å². The molecule has 6 nitrogen and oxygen atoms in total. The first-order chi connectivity index (χ1) is 14.4. The van der Waals surface area contributed by atoms with Crippen molar-refractivity contribution >= 4 is 0 Å². The summed E-state index contributed by atoms with van der Waals surface area (Å²) in [5, 5.41) is 7.79. The monoisotopic (exact) mass is 400 g/mol. The second-order valence-electron chi connectivity index (χ2n) is 7.51. The predicted molar refractivity (Wildman–Crippen MR) is 117 cm³/mol. The van der Waals surface area contributed by atoms with Crippen LogP contribution in [0.5, 0.6) is 5.75 Å². The van der Waals surface area contributed by atoms with E-state index >= 15 is 0 Å². The van der Waals surface area contributed by atoms with E-state index in [9.17, 15) is 4.79 Å². The van der Waals surface area contributed by atoms with E-state index in [1.807, 2.05) is 38.1 Å². The summed E-state index contributed by atoms with van der Waals surface area (Å²) in [5.41, 5.74) is 6.96. The Labute approximate surface area is 175 Å². The number of ether oxygens (including phenoxy) is 1. The summed E-state index contributed by atoms with van der Waals surface area (Å²) in [7, 11) is 1.58. The van der Waals surface area contributed by atoms with Crippen LogP contribution in [-0.2, 0) is 13.7 Å². The lowest BCUT2D eigenvalue weighted by molar-refractivity contribution is 0.302. The van der Waals surface area contributed by atoms with Crippen molar-refractivity contribution in [2.45, 2.75) is 27.4 Å². The average Bonchev–Trinajstić information content (AvgIpc) is 3.06. The van der Waals surface area contributed by atoms with Crippen LogP contribution in [0.3, 0.4) is 0 Å². The summed E-state index contributed by atoms with van der Waals surface area (Å²) in [5.74, 6) is 0.812. The van der Waals surface area contributed by atoms with Crippen molar-refractivity contribution < 1.29 is 4.74 Å². The Morgan fingerprint density at radius 3 is 2.33 bits per heavy atom. The number of benzene rings is 3. The third kappa shape index (κ3) is 3.76. The highest BCUT2D eigenvalue weighted by molar-refractivity contribution is 5.66. The molecule has 0 aliphatic heterocycles. The maximum atomic E-state index is 12.3. The molecule has 3 aromatic carbocycles. The van der Waals surface area contributed by atoms with Crippen LogP contribution in [0.25, 0.3) is 16.8 Å². The quantitative estimate of drug-likeness (QED) is 0.505. The van der Waals surface area contributed by atoms with Gasteiger partial charge < -0.3 is 4.74 Å². The predicted octanol–water partition coefficient (Wildman–Crippen LogP) is 4.14. The normalized spacial score (nSPS) is 10.9. The Hall–Kier alpha value is -3.67. The van der Waals surface area contributed by atoms with Crippen LogP contribution in [0.15, 0.2) is 65.5 Å². The van der Waals surface area contributed by atoms with E-state index in [0.29, 0.717) is 12.3 Å². The van der Waals surface area contributed by atoms with Crippen LogP contribution in [0, 0.1) is 20.8 Å². The smallest absolute Gasteiger partial charge is 0.368 e. The van der Waals surface area contributed by atoms with Gasteiger partial charge in [0.1, 0.15) is 12.4 Å². The molecule has 0 N–H and O–H groups in total. The topological polar surface area (TPSA) is 61.9 Å². The van der Waals surface area contributed by atoms with Crippen molar-refractivity contribution in [1.82, 2.24) is 19.8 Å². The van der Waals surface area contributed by atoms with E-state index in [1.165, 1.54) is 20.5 Å². The summed E-state index contributed by atoms with van der Waals surface area (Å²) in [6.45, 7) is 6.46. The third-order valence-corrected chi connectivity index (χ3v) is 5.23. The number of aromatic nitrogens is 4. The highest BCUT2D eigenvalue weighted by Crippen LogP contribution is 2.28. The van der Waals surface area contributed by atoms with Crippen molar-refractivity contribution in [1.29, 1.82) is 0 Å². The lowest BCUT2D eigenvalue weighted by atomic mass is 10.0. The van der Waals surface area contributed by atoms with E-state index in [0.717, 1.165) is 28.0 Å². The molecule has 6 heteroatoms. The van der Waals surface area contributed by atoms with Crippen LogP contribution in [0.1, 0.15) is 22.3 Å². The Bertz CT molecular complexity index is 1270. The molecule has 0 aliphatic rings. The second-order valence-corrected chi connectivity index (χ2v) is 7.51. The first kappa shape index (κ1) is 19.6. The number of nitrogens with zero attached hydrogens (tertiary/aromatic N) is 4. The fraction of sp³-hybridized carbons (Fsp3) is 0.208. The lowest BCUT2D eigenvalue weighted by Crippen LogP contribution is -2.23. The lowest BCUT2D eigenvalue weighted by Gasteiger charge is -2.15. The minimum absolute atomic E-state index is 0.291. The molecule has 4 rings (SSSR count). The number of tetrazole rings is 1. The van der Waals surface area contributed by atoms with Gasteiger partial charge in [0, 0.05) is 12.6 Å². The van der Waals surface area contributed by atoms with Crippen molar-refractivity contribution in [2.75, 3.05) is 0 Å². The number of rotatable bonds is 5. The van der Waals surface area contributed by atoms with Gasteiger partial charge in [0.05, 0.1) is 5.69 Å². The first-order valence-corrected chi connectivity index (χ1v) is 9.82. The van der Waals surface area contributed by atoms with Gasteiger partial charge in [0.25, 0.3) is 0 Å². The molecule has 152 valence electrons. The van der Waals surface area contributed by atoms with E-state index in [2.05, 4.69) is 53.7 Å². The summed E-state index contributed by atoms with van der Waals surface area (Å²) in [6, 6.07) is 20.4. The van der Waals surface area contributed by atoms with E-state index in [-0.39, 0.29) is 5.69 Å². The molecule has 1 heterocycles. The van der Waals surface area contributed by atoms with Crippen LogP contribution in [0.4, 0.5) is 0 Å². The molecule has 0 saturated heterocycles. The highest BCUT2D eigenvalue weighted by atomic mass is 16.5. The minimum Gasteiger partial charge on any atom is -0.489 e. The zero-order valence-corrected chi connectivity index (χ0v) is 17.6. The van der Waals surface area contributed by atoms with Gasteiger partial charge in [0.2, 0.25) is 0 Å². The first-order valence-electron chi connectivity index (χ1n) is 9.82. The van der Waals surface area contributed by atoms with Gasteiger partial charge in [0.15, 0.2) is 0 Å². The molecule has 0 unspecified atom stereocenters. The van der Waals surface area contributed by atoms with E-state index in [1.54, 1.807) is 7.05 Å². The molecule has 0 radical (unpaired) electrons. The zero-order valence-electron chi connectivity index (χ0n) is 17.6. The Morgan fingerprint density at radius 1 is 0.867 bits per heavy atom. The molecule has 0 aliphatic carbocycles. The van der Waals surface area contributed by atoms with Gasteiger partial charge in [-0.1, -0.05) is 48.0 Å². The molecule has 1 aromatic heterocycles. The molecule has 0 spiro atoms. The largest absolute Gasteiger partial charge is 0.489 e. The fourth-order valence-electron chi connectivity index (χ4n) is 3.50. The summed E-state index contributed by atoms with van der Waals surface area (Å²) >= 11 is 0. The zero-order chi connectivity index (χ0) is 21.3. The minimum atomic E-state index is -0.291. The van der Waals surface area contributed by atoms with Gasteiger partial charge in [-0.2, -0.15) is 9.36 Å². The number of hydrogen-bond donors (Lipinski definition) is 0. The summed E-state index contributed by atoms with van der Waals surface area (Å²) < 4.78 is 8.67. The molecule has 4 aromatic rings. The molecular weight excluding hydrogens is 376 g/mol. The molecular formula is C24H24N4O2. The Balaban J connectivity index is 1.61. The molecule has 0 fully saturated rings. The van der Waals surface area contributed by atoms with Crippen molar-refractivity contribution in [3.05, 3.63) is 93.4 Å². The summed E-state index contributed by atoms with van der Waals surface area (Å²) in [6.07, 6.45) is 0. The molecule has 0 amide bonds. The third-order valence-electron chi connectivity index (χ3n) is 5.23. The maximum absolute atomic E-state index is 12.3. The van der Waals surface area contributed by atoms with Crippen LogP contribution in [0.2, 0.25) is 0 Å². The Morgan fingerprint density at radius 2 is 1.63 bits per heavy atom. The molecule has 0 atom stereocenters. The standard InChI is InChI=1S/C24H24N4O2/c1-16-7-5-9-19(13-16)20-11-12-23(18(3)14-20)30-15-21-17(2)8-6-10-22(21)28-24(29)27(4)25-26-28/h5-14H,15H2,1-4H3. The van der Waals surface area contributed by atoms with Gasteiger partial charge in [-0.05, 0) is 71.7 Å². The Kier molecular flexibility index (Phi) is 5.23.